The highest BCUT2D eigenvalue weighted by molar-refractivity contribution is 8.18. The lowest BCUT2D eigenvalue weighted by molar-refractivity contribution is -0.122. The van der Waals surface area contributed by atoms with Crippen LogP contribution in [-0.2, 0) is 4.79 Å². The molecule has 3 nitrogen and oxygen atoms in total. The van der Waals surface area contributed by atoms with Gasteiger partial charge in [0.05, 0.1) is 4.91 Å². The predicted octanol–water partition coefficient (Wildman–Crippen LogP) is 3.53. The van der Waals surface area contributed by atoms with Crippen LogP contribution in [0.1, 0.15) is 26.3 Å². The van der Waals surface area contributed by atoms with Crippen LogP contribution < -0.4 is 0 Å². The minimum Gasteiger partial charge on any atom is -0.287 e. The molecule has 0 atom stereocenters. The van der Waals surface area contributed by atoms with Gasteiger partial charge in [-0.2, -0.15) is 0 Å². The molecule has 2 rings (SSSR count). The van der Waals surface area contributed by atoms with E-state index in [-0.39, 0.29) is 11.7 Å². The van der Waals surface area contributed by atoms with E-state index < -0.39 is 0 Å². The van der Waals surface area contributed by atoms with Gasteiger partial charge < -0.3 is 0 Å². The van der Waals surface area contributed by atoms with E-state index in [0.29, 0.717) is 18.0 Å². The zero-order valence-corrected chi connectivity index (χ0v) is 12.6. The molecule has 1 heterocycles. The zero-order chi connectivity index (χ0) is 14.7. The number of amides is 1. The van der Waals surface area contributed by atoms with Gasteiger partial charge >= 0.3 is 0 Å². The highest BCUT2D eigenvalue weighted by atomic mass is 32.2. The second-order valence-electron chi connectivity index (χ2n) is 4.37. The molecule has 1 aromatic rings. The minimum atomic E-state index is -0.277. The summed E-state index contributed by atoms with van der Waals surface area (Å²) in [6.45, 7) is 7.01. The van der Waals surface area contributed by atoms with E-state index in [1.165, 1.54) is 23.9 Å². The number of allylic oxidation sites excluding steroid dienone is 1. The number of carbonyl (C=O) groups excluding carboxylic acids is 1. The van der Waals surface area contributed by atoms with Gasteiger partial charge in [-0.3, -0.25) is 14.7 Å². The molecule has 1 fully saturated rings. The molecule has 0 N–H and O–H groups in total. The number of hydrogen-bond acceptors (Lipinski definition) is 3. The third-order valence-electron chi connectivity index (χ3n) is 3.09. The van der Waals surface area contributed by atoms with Crippen molar-refractivity contribution in [2.75, 3.05) is 13.1 Å². The van der Waals surface area contributed by atoms with E-state index >= 15 is 0 Å². The fourth-order valence-electron chi connectivity index (χ4n) is 2.00. The summed E-state index contributed by atoms with van der Waals surface area (Å²) in [6, 6.07) is 6.19. The Morgan fingerprint density at radius 3 is 2.50 bits per heavy atom. The summed E-state index contributed by atoms with van der Waals surface area (Å²) in [4.78, 5) is 19.1. The van der Waals surface area contributed by atoms with Crippen molar-refractivity contribution in [2.24, 2.45) is 4.99 Å². The second kappa shape index (κ2) is 6.22. The second-order valence-corrected chi connectivity index (χ2v) is 5.35. The number of benzene rings is 1. The van der Waals surface area contributed by atoms with Gasteiger partial charge in [0.25, 0.3) is 5.91 Å². The quantitative estimate of drug-likeness (QED) is 0.798. The molecule has 0 aromatic heterocycles. The van der Waals surface area contributed by atoms with Crippen molar-refractivity contribution in [1.29, 1.82) is 0 Å². The molecule has 0 aliphatic carbocycles. The van der Waals surface area contributed by atoms with Gasteiger partial charge in [-0.1, -0.05) is 12.1 Å². The number of likely N-dealkylation sites (N-methyl/N-ethyl adjacent to an activating group) is 1. The Hall–Kier alpha value is -1.62. The lowest BCUT2D eigenvalue weighted by Gasteiger charge is -2.11. The van der Waals surface area contributed by atoms with Gasteiger partial charge in [-0.25, -0.2) is 4.39 Å². The Balaban J connectivity index is 2.41. The number of nitrogens with zero attached hydrogens (tertiary/aromatic N) is 2. The van der Waals surface area contributed by atoms with Crippen LogP contribution in [0.4, 0.5) is 4.39 Å². The van der Waals surface area contributed by atoms with E-state index in [9.17, 15) is 9.18 Å². The number of carbonyl (C=O) groups is 1. The summed E-state index contributed by atoms with van der Waals surface area (Å²) in [5.41, 5.74) is 1.72. The fraction of sp³-hybridized carbons (Fsp3) is 0.333. The van der Waals surface area contributed by atoms with Crippen LogP contribution >= 0.6 is 11.8 Å². The van der Waals surface area contributed by atoms with E-state index in [0.717, 1.165) is 16.3 Å². The Morgan fingerprint density at radius 1 is 1.30 bits per heavy atom. The number of aliphatic imine (C=N–C) groups is 1. The number of amidine groups is 1. The first kappa shape index (κ1) is 14.8. The van der Waals surface area contributed by atoms with Crippen LogP contribution in [0.15, 0.2) is 34.2 Å². The summed E-state index contributed by atoms with van der Waals surface area (Å²) in [5, 5.41) is 0.747. The molecular formula is C15H17FN2OS. The lowest BCUT2D eigenvalue weighted by Crippen LogP contribution is -2.28. The van der Waals surface area contributed by atoms with Crippen molar-refractivity contribution in [3.05, 3.63) is 40.6 Å². The van der Waals surface area contributed by atoms with Crippen molar-refractivity contribution >= 4 is 28.4 Å². The molecule has 0 bridgehead atoms. The third kappa shape index (κ3) is 2.77. The standard InChI is InChI=1S/C15H17FN2OS/c1-4-17-15-18(5-2)14(19)13(20-15)10(3)11-6-8-12(16)9-7-11/h6-9H,4-5H2,1-3H3/b13-10-,17-15?. The van der Waals surface area contributed by atoms with Crippen LogP contribution in [0.2, 0.25) is 0 Å². The molecule has 1 aliphatic rings. The van der Waals surface area contributed by atoms with E-state index in [1.54, 1.807) is 17.0 Å². The van der Waals surface area contributed by atoms with Gasteiger partial charge in [-0.15, -0.1) is 0 Å². The van der Waals surface area contributed by atoms with Crippen LogP contribution in [0.5, 0.6) is 0 Å². The van der Waals surface area contributed by atoms with Crippen molar-refractivity contribution in [3.63, 3.8) is 0 Å². The highest BCUT2D eigenvalue weighted by Crippen LogP contribution is 2.36. The summed E-state index contributed by atoms with van der Waals surface area (Å²) >= 11 is 1.40. The van der Waals surface area contributed by atoms with Crippen LogP contribution in [0, 0.1) is 5.82 Å². The average molecular weight is 292 g/mol. The zero-order valence-electron chi connectivity index (χ0n) is 11.8. The normalized spacial score (nSPS) is 19.9. The first-order valence-corrected chi connectivity index (χ1v) is 7.41. The van der Waals surface area contributed by atoms with Gasteiger partial charge in [0.1, 0.15) is 5.82 Å². The summed E-state index contributed by atoms with van der Waals surface area (Å²) in [5.74, 6) is -0.299. The van der Waals surface area contributed by atoms with Crippen molar-refractivity contribution in [2.45, 2.75) is 20.8 Å². The smallest absolute Gasteiger partial charge is 0.266 e. The van der Waals surface area contributed by atoms with Gasteiger partial charge in [0.2, 0.25) is 0 Å². The van der Waals surface area contributed by atoms with E-state index in [4.69, 9.17) is 0 Å². The maximum Gasteiger partial charge on any atom is 0.266 e. The third-order valence-corrected chi connectivity index (χ3v) is 4.31. The van der Waals surface area contributed by atoms with Gasteiger partial charge in [0, 0.05) is 13.1 Å². The first-order chi connectivity index (χ1) is 9.58. The maximum absolute atomic E-state index is 13.0. The number of hydrogen-bond donors (Lipinski definition) is 0. The summed E-state index contributed by atoms with van der Waals surface area (Å²) < 4.78 is 13.0. The molecule has 20 heavy (non-hydrogen) atoms. The summed E-state index contributed by atoms with van der Waals surface area (Å²) in [7, 11) is 0. The Bertz CT molecular complexity index is 578. The molecule has 1 aromatic carbocycles. The lowest BCUT2D eigenvalue weighted by atomic mass is 10.1. The number of thioether (sulfide) groups is 1. The molecule has 1 aliphatic heterocycles. The number of rotatable bonds is 3. The molecule has 106 valence electrons. The average Bonchev–Trinajstić information content (AvgIpc) is 2.75. The first-order valence-electron chi connectivity index (χ1n) is 6.59. The molecule has 5 heteroatoms. The van der Waals surface area contributed by atoms with Crippen molar-refractivity contribution in [1.82, 2.24) is 4.90 Å². The monoisotopic (exact) mass is 292 g/mol. The van der Waals surface area contributed by atoms with E-state index in [2.05, 4.69) is 4.99 Å². The van der Waals surface area contributed by atoms with Gasteiger partial charge in [0.15, 0.2) is 5.17 Å². The molecule has 1 amide bonds. The largest absolute Gasteiger partial charge is 0.287 e. The van der Waals surface area contributed by atoms with Crippen LogP contribution in [0.25, 0.3) is 5.57 Å². The Kier molecular flexibility index (Phi) is 4.60. The van der Waals surface area contributed by atoms with Crippen molar-refractivity contribution < 1.29 is 9.18 Å². The molecule has 0 radical (unpaired) electrons. The Labute approximate surface area is 122 Å². The number of halogens is 1. The van der Waals surface area contributed by atoms with Gasteiger partial charge in [-0.05, 0) is 55.8 Å². The molecule has 0 spiro atoms. The van der Waals surface area contributed by atoms with Crippen LogP contribution in [0.3, 0.4) is 0 Å². The summed E-state index contributed by atoms with van der Waals surface area (Å²) in [6.07, 6.45) is 0. The van der Waals surface area contributed by atoms with Crippen molar-refractivity contribution in [3.8, 4) is 0 Å². The molecule has 0 saturated carbocycles. The maximum atomic E-state index is 13.0. The SMILES string of the molecule is CCN=C1S/C(=C(/C)c2ccc(F)cc2)C(=O)N1CC. The molecule has 0 unspecified atom stereocenters. The van der Waals surface area contributed by atoms with Crippen LogP contribution in [-0.4, -0.2) is 29.1 Å². The molecule has 1 saturated heterocycles. The fourth-order valence-corrected chi connectivity index (χ4v) is 3.17. The Morgan fingerprint density at radius 2 is 1.95 bits per heavy atom. The molecular weight excluding hydrogens is 275 g/mol. The predicted molar refractivity (Wildman–Crippen MR) is 81.9 cm³/mol. The minimum absolute atomic E-state index is 0.0217. The topological polar surface area (TPSA) is 32.7 Å². The van der Waals surface area contributed by atoms with E-state index in [1.807, 2.05) is 20.8 Å². The highest BCUT2D eigenvalue weighted by Gasteiger charge is 2.33.